The average molecular weight is 441 g/mol. The van der Waals surface area contributed by atoms with Crippen LogP contribution in [0.2, 0.25) is 0 Å². The predicted molar refractivity (Wildman–Crippen MR) is 126 cm³/mol. The number of anilines is 2. The summed E-state index contributed by atoms with van der Waals surface area (Å²) in [7, 11) is 0. The Bertz CT molecular complexity index is 1200. The minimum Gasteiger partial charge on any atom is -0.340 e. The summed E-state index contributed by atoms with van der Waals surface area (Å²) >= 11 is 0. The molecule has 4 aromatic rings. The summed E-state index contributed by atoms with van der Waals surface area (Å²) in [6.45, 7) is 1.81. The van der Waals surface area contributed by atoms with Crippen LogP contribution < -0.4 is 5.32 Å². The maximum Gasteiger partial charge on any atom is 0.148 e. The molecule has 0 aliphatic carbocycles. The highest BCUT2D eigenvalue weighted by atomic mass is 19.1. The lowest BCUT2D eigenvalue weighted by Gasteiger charge is -2.35. The van der Waals surface area contributed by atoms with Gasteiger partial charge in [0.15, 0.2) is 0 Å². The van der Waals surface area contributed by atoms with Gasteiger partial charge in [-0.05, 0) is 67.4 Å². The van der Waals surface area contributed by atoms with Gasteiger partial charge >= 0.3 is 0 Å². The van der Waals surface area contributed by atoms with Crippen molar-refractivity contribution in [2.45, 2.75) is 31.8 Å². The van der Waals surface area contributed by atoms with Gasteiger partial charge in [-0.25, -0.2) is 14.4 Å². The SMILES string of the molecule is Fc1cccc(Nc2cc(-c3ccncc3)nc([C@@H]3CCCCN3Cc3ccncc3)n2)c1. The van der Waals surface area contributed by atoms with Crippen LogP contribution in [-0.4, -0.2) is 31.4 Å². The summed E-state index contributed by atoms with van der Waals surface area (Å²) in [6, 6.07) is 16.4. The topological polar surface area (TPSA) is 66.8 Å². The maximum atomic E-state index is 13.8. The predicted octanol–water partition coefficient (Wildman–Crippen LogP) is 5.54. The van der Waals surface area contributed by atoms with Gasteiger partial charge in [-0.1, -0.05) is 12.5 Å². The molecule has 1 aromatic carbocycles. The lowest BCUT2D eigenvalue weighted by Crippen LogP contribution is -2.34. The van der Waals surface area contributed by atoms with Gasteiger partial charge in [-0.15, -0.1) is 0 Å². The van der Waals surface area contributed by atoms with Crippen LogP contribution in [0.5, 0.6) is 0 Å². The molecule has 1 atom stereocenters. The molecule has 1 saturated heterocycles. The van der Waals surface area contributed by atoms with Gasteiger partial charge in [-0.2, -0.15) is 0 Å². The lowest BCUT2D eigenvalue weighted by atomic mass is 10.00. The second-order valence-electron chi connectivity index (χ2n) is 8.21. The van der Waals surface area contributed by atoms with Crippen molar-refractivity contribution in [1.29, 1.82) is 0 Å². The largest absolute Gasteiger partial charge is 0.340 e. The van der Waals surface area contributed by atoms with Crippen molar-refractivity contribution in [2.75, 3.05) is 11.9 Å². The zero-order valence-electron chi connectivity index (χ0n) is 18.2. The molecule has 1 N–H and O–H groups in total. The minimum atomic E-state index is -0.292. The van der Waals surface area contributed by atoms with E-state index in [1.54, 1.807) is 18.5 Å². The fraction of sp³-hybridized carbons (Fsp3) is 0.231. The molecule has 0 radical (unpaired) electrons. The van der Waals surface area contributed by atoms with Crippen LogP contribution in [-0.2, 0) is 6.54 Å². The molecule has 4 heterocycles. The number of piperidine rings is 1. The number of likely N-dealkylation sites (tertiary alicyclic amines) is 1. The van der Waals surface area contributed by atoms with E-state index >= 15 is 0 Å². The molecule has 1 aliphatic heterocycles. The fourth-order valence-electron chi connectivity index (χ4n) is 4.26. The molecule has 1 aliphatic rings. The molecule has 33 heavy (non-hydrogen) atoms. The van der Waals surface area contributed by atoms with Crippen LogP contribution in [0.15, 0.2) is 79.4 Å². The Hall–Kier alpha value is -3.71. The van der Waals surface area contributed by atoms with Crippen molar-refractivity contribution in [2.24, 2.45) is 0 Å². The Labute approximate surface area is 192 Å². The third-order valence-electron chi connectivity index (χ3n) is 5.86. The molecular weight excluding hydrogens is 415 g/mol. The van der Waals surface area contributed by atoms with E-state index in [2.05, 4.69) is 32.3 Å². The van der Waals surface area contributed by atoms with Crippen LogP contribution in [0.3, 0.4) is 0 Å². The number of nitrogens with one attached hydrogen (secondary N) is 1. The molecule has 6 nitrogen and oxygen atoms in total. The molecule has 166 valence electrons. The van der Waals surface area contributed by atoms with Gasteiger partial charge in [0.05, 0.1) is 11.7 Å². The van der Waals surface area contributed by atoms with Crippen molar-refractivity contribution >= 4 is 11.5 Å². The second kappa shape index (κ2) is 9.83. The van der Waals surface area contributed by atoms with Gasteiger partial charge in [0.25, 0.3) is 0 Å². The van der Waals surface area contributed by atoms with Crippen molar-refractivity contribution in [3.63, 3.8) is 0 Å². The maximum absolute atomic E-state index is 13.8. The first-order valence-electron chi connectivity index (χ1n) is 11.2. The normalized spacial score (nSPS) is 16.5. The van der Waals surface area contributed by atoms with Gasteiger partial charge in [0, 0.05) is 48.6 Å². The van der Waals surface area contributed by atoms with Crippen LogP contribution in [0.4, 0.5) is 15.9 Å². The number of rotatable bonds is 6. The number of pyridine rings is 2. The first-order chi connectivity index (χ1) is 16.2. The number of hydrogen-bond donors (Lipinski definition) is 1. The lowest BCUT2D eigenvalue weighted by molar-refractivity contribution is 0.134. The zero-order chi connectivity index (χ0) is 22.5. The second-order valence-corrected chi connectivity index (χ2v) is 8.21. The van der Waals surface area contributed by atoms with E-state index in [0.29, 0.717) is 11.5 Å². The summed E-state index contributed by atoms with van der Waals surface area (Å²) < 4.78 is 13.8. The average Bonchev–Trinajstić information content (AvgIpc) is 2.85. The van der Waals surface area contributed by atoms with E-state index in [1.165, 1.54) is 17.7 Å². The van der Waals surface area contributed by atoms with Gasteiger partial charge in [0.2, 0.25) is 0 Å². The van der Waals surface area contributed by atoms with Gasteiger partial charge < -0.3 is 5.32 Å². The van der Waals surface area contributed by atoms with Crippen molar-refractivity contribution in [3.8, 4) is 11.3 Å². The number of nitrogens with zero attached hydrogens (tertiary/aromatic N) is 5. The molecule has 0 amide bonds. The number of halogens is 1. The fourth-order valence-corrected chi connectivity index (χ4v) is 4.26. The first kappa shape index (κ1) is 21.2. The first-order valence-corrected chi connectivity index (χ1v) is 11.2. The monoisotopic (exact) mass is 440 g/mol. The van der Waals surface area contributed by atoms with E-state index in [9.17, 15) is 4.39 Å². The third kappa shape index (κ3) is 5.21. The number of benzene rings is 1. The van der Waals surface area contributed by atoms with E-state index in [0.717, 1.165) is 49.4 Å². The molecular formula is C26H25FN6. The third-order valence-corrected chi connectivity index (χ3v) is 5.86. The van der Waals surface area contributed by atoms with E-state index in [1.807, 2.05) is 36.7 Å². The highest BCUT2D eigenvalue weighted by Crippen LogP contribution is 2.33. The summed E-state index contributed by atoms with van der Waals surface area (Å²) in [5, 5.41) is 3.27. The minimum absolute atomic E-state index is 0.0989. The molecule has 0 unspecified atom stereocenters. The Morgan fingerprint density at radius 3 is 2.48 bits per heavy atom. The van der Waals surface area contributed by atoms with Crippen molar-refractivity contribution < 1.29 is 4.39 Å². The summed E-state index contributed by atoms with van der Waals surface area (Å²) in [4.78, 5) is 20.6. The zero-order valence-corrected chi connectivity index (χ0v) is 18.2. The van der Waals surface area contributed by atoms with Crippen molar-refractivity contribution in [1.82, 2.24) is 24.8 Å². The molecule has 0 spiro atoms. The quantitative estimate of drug-likeness (QED) is 0.424. The van der Waals surface area contributed by atoms with Crippen LogP contribution >= 0.6 is 0 Å². The summed E-state index contributed by atoms with van der Waals surface area (Å²) in [5.74, 6) is 1.13. The van der Waals surface area contributed by atoms with Crippen LogP contribution in [0, 0.1) is 5.82 Å². The van der Waals surface area contributed by atoms with Crippen molar-refractivity contribution in [3.05, 3.63) is 96.6 Å². The highest BCUT2D eigenvalue weighted by molar-refractivity contribution is 5.65. The Morgan fingerprint density at radius 1 is 0.909 bits per heavy atom. The highest BCUT2D eigenvalue weighted by Gasteiger charge is 2.27. The van der Waals surface area contributed by atoms with Crippen LogP contribution in [0.25, 0.3) is 11.3 Å². The molecule has 0 saturated carbocycles. The summed E-state index contributed by atoms with van der Waals surface area (Å²) in [5.41, 5.74) is 3.65. The Kier molecular flexibility index (Phi) is 6.30. The van der Waals surface area contributed by atoms with Gasteiger partial charge in [0.1, 0.15) is 17.5 Å². The smallest absolute Gasteiger partial charge is 0.148 e. The molecule has 3 aromatic heterocycles. The van der Waals surface area contributed by atoms with Gasteiger partial charge in [-0.3, -0.25) is 14.9 Å². The Balaban J connectivity index is 1.51. The van der Waals surface area contributed by atoms with Crippen LogP contribution in [0.1, 0.15) is 36.7 Å². The number of aromatic nitrogens is 4. The molecule has 7 heteroatoms. The summed E-state index contributed by atoms with van der Waals surface area (Å²) in [6.07, 6.45) is 10.4. The molecule has 0 bridgehead atoms. The molecule has 1 fully saturated rings. The van der Waals surface area contributed by atoms with E-state index in [-0.39, 0.29) is 11.9 Å². The van der Waals surface area contributed by atoms with E-state index in [4.69, 9.17) is 9.97 Å². The Morgan fingerprint density at radius 2 is 1.70 bits per heavy atom. The number of hydrogen-bond acceptors (Lipinski definition) is 6. The van der Waals surface area contributed by atoms with E-state index < -0.39 is 0 Å². The standard InChI is InChI=1S/C26H25FN6/c27-21-4-3-5-22(16-21)30-25-17-23(20-9-13-29-14-10-20)31-26(32-25)24-6-1-2-15-33(24)18-19-7-11-28-12-8-19/h3-5,7-14,16-17,24H,1-2,6,15,18H2,(H,30,31,32)/t24-/m0/s1. The molecule has 5 rings (SSSR count).